The Bertz CT molecular complexity index is 734. The van der Waals surface area contributed by atoms with E-state index >= 15 is 0 Å². The van der Waals surface area contributed by atoms with Gasteiger partial charge in [-0.15, -0.1) is 0 Å². The van der Waals surface area contributed by atoms with Crippen molar-refractivity contribution < 1.29 is 22.5 Å². The van der Waals surface area contributed by atoms with Crippen LogP contribution in [0.2, 0.25) is 0 Å². The second kappa shape index (κ2) is 6.89. The van der Waals surface area contributed by atoms with Gasteiger partial charge in [0.25, 0.3) is 0 Å². The van der Waals surface area contributed by atoms with E-state index in [-0.39, 0.29) is 36.2 Å². The molecule has 140 valence electrons. The van der Waals surface area contributed by atoms with Gasteiger partial charge in [-0.1, -0.05) is 5.16 Å². The van der Waals surface area contributed by atoms with Crippen molar-refractivity contribution in [3.63, 3.8) is 0 Å². The maximum absolute atomic E-state index is 12.4. The minimum absolute atomic E-state index is 0.00744. The third kappa shape index (κ3) is 3.77. The van der Waals surface area contributed by atoms with Gasteiger partial charge in [0.15, 0.2) is 15.7 Å². The first kappa shape index (κ1) is 18.1. The lowest BCUT2D eigenvalue weighted by Crippen LogP contribution is -2.61. The molecule has 0 N–H and O–H groups in total. The van der Waals surface area contributed by atoms with Gasteiger partial charge in [-0.3, -0.25) is 4.90 Å². The predicted molar refractivity (Wildman–Crippen MR) is 87.4 cm³/mol. The molecule has 2 fully saturated rings. The fourth-order valence-electron chi connectivity index (χ4n) is 3.43. The lowest BCUT2D eigenvalue weighted by molar-refractivity contribution is 0.0461. The number of hydrogen-bond acceptors (Lipinski definition) is 8. The smallest absolute Gasteiger partial charge is 0.319 e. The van der Waals surface area contributed by atoms with Gasteiger partial charge < -0.3 is 19.1 Å². The molecule has 0 bridgehead atoms. The van der Waals surface area contributed by atoms with Crippen molar-refractivity contribution in [3.8, 4) is 0 Å². The first-order valence-corrected chi connectivity index (χ1v) is 9.85. The third-order valence-electron chi connectivity index (χ3n) is 4.54. The van der Waals surface area contributed by atoms with Crippen LogP contribution in [-0.2, 0) is 27.7 Å². The van der Waals surface area contributed by atoms with Crippen LogP contribution in [0.1, 0.15) is 11.7 Å². The number of ether oxygens (including phenoxy) is 1. The van der Waals surface area contributed by atoms with Crippen molar-refractivity contribution in [3.05, 3.63) is 11.7 Å². The van der Waals surface area contributed by atoms with Gasteiger partial charge in [-0.2, -0.15) is 4.98 Å². The summed E-state index contributed by atoms with van der Waals surface area (Å²) in [5.41, 5.74) is 0. The molecule has 0 aliphatic carbocycles. The minimum Gasteiger partial charge on any atom is -0.377 e. The van der Waals surface area contributed by atoms with Gasteiger partial charge in [0.05, 0.1) is 24.1 Å². The van der Waals surface area contributed by atoms with E-state index in [4.69, 9.17) is 9.26 Å². The number of urea groups is 1. The lowest BCUT2D eigenvalue weighted by Gasteiger charge is -2.44. The van der Waals surface area contributed by atoms with Crippen LogP contribution >= 0.6 is 0 Å². The number of rotatable bonds is 4. The van der Waals surface area contributed by atoms with Crippen molar-refractivity contribution >= 4 is 15.9 Å². The van der Waals surface area contributed by atoms with Crippen LogP contribution in [-0.4, -0.2) is 97.2 Å². The van der Waals surface area contributed by atoms with Crippen LogP contribution in [0.5, 0.6) is 0 Å². The highest BCUT2D eigenvalue weighted by Gasteiger charge is 2.48. The van der Waals surface area contributed by atoms with Crippen LogP contribution in [0.15, 0.2) is 4.52 Å². The molecule has 3 heterocycles. The van der Waals surface area contributed by atoms with Crippen LogP contribution in [0.4, 0.5) is 4.79 Å². The number of carbonyl (C=O) groups excluding carboxylic acids is 1. The lowest BCUT2D eigenvalue weighted by atomic mass is 10.1. The van der Waals surface area contributed by atoms with E-state index in [1.54, 1.807) is 26.1 Å². The Morgan fingerprint density at radius 2 is 2.04 bits per heavy atom. The van der Waals surface area contributed by atoms with Crippen molar-refractivity contribution in [1.29, 1.82) is 0 Å². The van der Waals surface area contributed by atoms with E-state index in [0.29, 0.717) is 31.3 Å². The van der Waals surface area contributed by atoms with E-state index in [2.05, 4.69) is 10.1 Å². The summed E-state index contributed by atoms with van der Waals surface area (Å²) in [5.74, 6) is 0.900. The number of nitrogens with zero attached hydrogens (tertiary/aromatic N) is 5. The summed E-state index contributed by atoms with van der Waals surface area (Å²) in [6.45, 7) is 1.64. The molecule has 0 spiro atoms. The molecular formula is C14H23N5O5S. The van der Waals surface area contributed by atoms with Gasteiger partial charge in [0, 0.05) is 40.3 Å². The summed E-state index contributed by atoms with van der Waals surface area (Å²) in [6.07, 6.45) is 0. The zero-order valence-electron chi connectivity index (χ0n) is 14.6. The molecule has 11 heteroatoms. The Balaban J connectivity index is 1.77. The zero-order chi connectivity index (χ0) is 18.2. The number of carbonyl (C=O) groups is 1. The van der Waals surface area contributed by atoms with E-state index in [9.17, 15) is 13.2 Å². The van der Waals surface area contributed by atoms with Gasteiger partial charge >= 0.3 is 6.03 Å². The van der Waals surface area contributed by atoms with Crippen molar-refractivity contribution in [2.24, 2.45) is 0 Å². The number of amides is 2. The third-order valence-corrected chi connectivity index (χ3v) is 6.24. The Hall–Kier alpha value is -1.72. The quantitative estimate of drug-likeness (QED) is 0.673. The average molecular weight is 373 g/mol. The highest BCUT2D eigenvalue weighted by molar-refractivity contribution is 7.91. The van der Waals surface area contributed by atoms with Gasteiger partial charge in [-0.25, -0.2) is 13.2 Å². The SMILES string of the molecule is COCc1noc(CN2CCN(C(=O)N(C)C)[C@@H]3CS(=O)(=O)C[C@@H]32)n1. The van der Waals surface area contributed by atoms with Crippen molar-refractivity contribution in [2.75, 3.05) is 45.8 Å². The molecule has 10 nitrogen and oxygen atoms in total. The first-order valence-electron chi connectivity index (χ1n) is 8.03. The number of piperazine rings is 1. The van der Waals surface area contributed by atoms with Gasteiger partial charge in [-0.05, 0) is 0 Å². The van der Waals surface area contributed by atoms with Crippen LogP contribution in [0.25, 0.3) is 0 Å². The second-order valence-corrected chi connectivity index (χ2v) is 8.74. The number of sulfone groups is 1. The van der Waals surface area contributed by atoms with E-state index < -0.39 is 9.84 Å². The van der Waals surface area contributed by atoms with Crippen molar-refractivity contribution in [1.82, 2.24) is 24.8 Å². The molecule has 0 radical (unpaired) electrons. The molecule has 2 aliphatic rings. The summed E-state index contributed by atoms with van der Waals surface area (Å²) in [6, 6.07) is -0.776. The summed E-state index contributed by atoms with van der Waals surface area (Å²) in [4.78, 5) is 21.8. The normalized spacial score (nSPS) is 25.8. The number of methoxy groups -OCH3 is 1. The Kier molecular flexibility index (Phi) is 4.98. The molecule has 0 unspecified atom stereocenters. The van der Waals surface area contributed by atoms with Crippen LogP contribution < -0.4 is 0 Å². The molecule has 2 atom stereocenters. The Morgan fingerprint density at radius 3 is 2.72 bits per heavy atom. The molecule has 3 rings (SSSR count). The molecule has 0 saturated carbocycles. The maximum atomic E-state index is 12.4. The second-order valence-electron chi connectivity index (χ2n) is 6.59. The summed E-state index contributed by atoms with van der Waals surface area (Å²) in [5, 5.41) is 3.82. The van der Waals surface area contributed by atoms with E-state index in [0.717, 1.165) is 0 Å². The van der Waals surface area contributed by atoms with E-state index in [1.165, 1.54) is 4.90 Å². The number of fused-ring (bicyclic) bond motifs is 1. The highest BCUT2D eigenvalue weighted by atomic mass is 32.2. The highest BCUT2D eigenvalue weighted by Crippen LogP contribution is 2.28. The molecular weight excluding hydrogens is 350 g/mol. The van der Waals surface area contributed by atoms with E-state index in [1.807, 2.05) is 4.90 Å². The van der Waals surface area contributed by atoms with Gasteiger partial charge in [0.1, 0.15) is 6.61 Å². The Morgan fingerprint density at radius 1 is 1.32 bits per heavy atom. The molecule has 2 amide bonds. The maximum Gasteiger partial charge on any atom is 0.319 e. The molecule has 2 saturated heterocycles. The molecule has 25 heavy (non-hydrogen) atoms. The fourth-order valence-corrected chi connectivity index (χ4v) is 5.44. The van der Waals surface area contributed by atoms with Crippen LogP contribution in [0.3, 0.4) is 0 Å². The van der Waals surface area contributed by atoms with Crippen LogP contribution in [0, 0.1) is 0 Å². The molecule has 1 aromatic rings. The Labute approximate surface area is 146 Å². The van der Waals surface area contributed by atoms with Crippen molar-refractivity contribution in [2.45, 2.75) is 25.2 Å². The predicted octanol–water partition coefficient (Wildman–Crippen LogP) is -0.819. The summed E-state index contributed by atoms with van der Waals surface area (Å²) in [7, 11) is 1.70. The summed E-state index contributed by atoms with van der Waals surface area (Å²) < 4.78 is 34.5. The standard InChI is InChI=1S/C14H23N5O5S/c1-17(2)14(20)19-5-4-18(10-8-25(21,22)9-11(10)19)6-13-15-12(7-23-3)16-24-13/h10-11H,4-9H2,1-3H3/t10-,11+/m0/s1. The fraction of sp³-hybridized carbons (Fsp3) is 0.786. The monoisotopic (exact) mass is 373 g/mol. The molecule has 2 aliphatic heterocycles. The topological polar surface area (TPSA) is 109 Å². The minimum atomic E-state index is -3.19. The first-order chi connectivity index (χ1) is 11.8. The average Bonchev–Trinajstić information content (AvgIpc) is 3.10. The summed E-state index contributed by atoms with van der Waals surface area (Å²) >= 11 is 0. The number of hydrogen-bond donors (Lipinski definition) is 0. The molecule has 0 aromatic carbocycles. The number of aromatic nitrogens is 2. The van der Waals surface area contributed by atoms with Gasteiger partial charge in [0.2, 0.25) is 5.89 Å². The zero-order valence-corrected chi connectivity index (χ0v) is 15.4. The molecule has 1 aromatic heterocycles. The largest absolute Gasteiger partial charge is 0.377 e.